The Hall–Kier alpha value is -1.95. The van der Waals surface area contributed by atoms with Crippen LogP contribution in [0.25, 0.3) is 5.69 Å². The van der Waals surface area contributed by atoms with Crippen molar-refractivity contribution in [2.75, 3.05) is 0 Å². The van der Waals surface area contributed by atoms with Gasteiger partial charge < -0.3 is 0 Å². The largest absolute Gasteiger partial charge is 0.271 e. The second kappa shape index (κ2) is 12.4. The number of aromatic nitrogens is 2. The SMILES string of the molecule is CC.CC.O=c1c(I)c(CCc2ccccc2)ncn1-c1ccccc1. The number of rotatable bonds is 4. The number of hydrogen-bond acceptors (Lipinski definition) is 2. The van der Waals surface area contributed by atoms with E-state index in [9.17, 15) is 4.79 Å². The van der Waals surface area contributed by atoms with Gasteiger partial charge in [-0.05, 0) is 53.1 Å². The van der Waals surface area contributed by atoms with Crippen molar-refractivity contribution in [1.82, 2.24) is 9.55 Å². The summed E-state index contributed by atoms with van der Waals surface area (Å²) >= 11 is 2.10. The maximum Gasteiger partial charge on any atom is 0.271 e. The Bertz CT molecular complexity index is 815. The number of nitrogens with zero attached hydrogens (tertiary/aromatic N) is 2. The number of para-hydroxylation sites is 1. The van der Waals surface area contributed by atoms with Crippen molar-refractivity contribution in [3.05, 3.63) is 92.2 Å². The lowest BCUT2D eigenvalue weighted by Crippen LogP contribution is -2.23. The van der Waals surface area contributed by atoms with E-state index in [0.29, 0.717) is 3.57 Å². The smallest absolute Gasteiger partial charge is 0.268 e. The predicted molar refractivity (Wildman–Crippen MR) is 119 cm³/mol. The molecule has 0 saturated heterocycles. The fourth-order valence-corrected chi connectivity index (χ4v) is 2.99. The Morgan fingerprint density at radius 3 is 1.96 bits per heavy atom. The van der Waals surface area contributed by atoms with Crippen molar-refractivity contribution in [3.63, 3.8) is 0 Å². The molecule has 4 heteroatoms. The molecule has 0 saturated carbocycles. The first kappa shape index (κ1) is 22.1. The van der Waals surface area contributed by atoms with E-state index < -0.39 is 0 Å². The second-order valence-corrected chi connectivity index (χ2v) is 6.08. The lowest BCUT2D eigenvalue weighted by atomic mass is 10.1. The lowest BCUT2D eigenvalue weighted by Gasteiger charge is -2.09. The third-order valence-electron chi connectivity index (χ3n) is 3.52. The highest BCUT2D eigenvalue weighted by atomic mass is 127. The Morgan fingerprint density at radius 2 is 1.38 bits per heavy atom. The molecule has 0 N–H and O–H groups in total. The highest BCUT2D eigenvalue weighted by molar-refractivity contribution is 14.1. The summed E-state index contributed by atoms with van der Waals surface area (Å²) < 4.78 is 2.29. The van der Waals surface area contributed by atoms with Crippen LogP contribution >= 0.6 is 22.6 Å². The molecule has 0 fully saturated rings. The highest BCUT2D eigenvalue weighted by Crippen LogP contribution is 2.11. The van der Waals surface area contributed by atoms with Crippen molar-refractivity contribution in [3.8, 4) is 5.69 Å². The monoisotopic (exact) mass is 462 g/mol. The van der Waals surface area contributed by atoms with Crippen molar-refractivity contribution >= 4 is 22.6 Å². The molecule has 0 amide bonds. The fraction of sp³-hybridized carbons (Fsp3) is 0.273. The number of halogens is 1. The van der Waals surface area contributed by atoms with Gasteiger partial charge in [-0.1, -0.05) is 76.2 Å². The average molecular weight is 462 g/mol. The summed E-state index contributed by atoms with van der Waals surface area (Å²) in [5, 5.41) is 0. The van der Waals surface area contributed by atoms with Gasteiger partial charge >= 0.3 is 0 Å². The molecule has 26 heavy (non-hydrogen) atoms. The van der Waals surface area contributed by atoms with Gasteiger partial charge in [0.05, 0.1) is 11.4 Å². The fourth-order valence-electron chi connectivity index (χ4n) is 2.32. The van der Waals surface area contributed by atoms with E-state index in [4.69, 9.17) is 0 Å². The van der Waals surface area contributed by atoms with Crippen molar-refractivity contribution in [2.24, 2.45) is 0 Å². The van der Waals surface area contributed by atoms with Gasteiger partial charge in [-0.25, -0.2) is 4.98 Å². The van der Waals surface area contributed by atoms with Gasteiger partial charge in [-0.2, -0.15) is 0 Å². The van der Waals surface area contributed by atoms with Gasteiger partial charge in [0, 0.05) is 0 Å². The Kier molecular flexibility index (Phi) is 10.5. The first-order valence-corrected chi connectivity index (χ1v) is 10.2. The molecule has 0 bridgehead atoms. The maximum absolute atomic E-state index is 12.5. The number of aryl methyl sites for hydroxylation is 2. The Balaban J connectivity index is 0.000000791. The molecule has 0 unspecified atom stereocenters. The summed E-state index contributed by atoms with van der Waals surface area (Å²) in [5.74, 6) is 0. The van der Waals surface area contributed by atoms with Crippen LogP contribution in [0.15, 0.2) is 71.8 Å². The Labute approximate surface area is 170 Å². The number of benzene rings is 2. The molecule has 3 aromatic rings. The molecule has 0 aliphatic heterocycles. The topological polar surface area (TPSA) is 34.9 Å². The highest BCUT2D eigenvalue weighted by Gasteiger charge is 2.10. The molecule has 3 rings (SSSR count). The first-order valence-electron chi connectivity index (χ1n) is 9.11. The maximum atomic E-state index is 12.5. The number of hydrogen-bond donors (Lipinski definition) is 0. The molecule has 0 radical (unpaired) electrons. The summed E-state index contributed by atoms with van der Waals surface area (Å²) in [6, 6.07) is 19.8. The Morgan fingerprint density at radius 1 is 0.846 bits per heavy atom. The van der Waals surface area contributed by atoms with E-state index in [0.717, 1.165) is 24.2 Å². The van der Waals surface area contributed by atoms with Crippen LogP contribution in [0.1, 0.15) is 39.0 Å². The van der Waals surface area contributed by atoms with Gasteiger partial charge in [0.1, 0.15) is 9.90 Å². The standard InChI is InChI=1S/C18H15IN2O.2C2H6/c19-17-16(12-11-14-7-3-1-4-8-14)20-13-21(18(17)22)15-9-5-2-6-10-15;2*1-2/h1-10,13H,11-12H2;2*1-2H3. The molecular weight excluding hydrogens is 435 g/mol. The average Bonchev–Trinajstić information content (AvgIpc) is 2.73. The minimum Gasteiger partial charge on any atom is -0.268 e. The summed E-state index contributed by atoms with van der Waals surface area (Å²) in [5.41, 5.74) is 2.95. The van der Waals surface area contributed by atoms with E-state index in [2.05, 4.69) is 39.7 Å². The van der Waals surface area contributed by atoms with Crippen LogP contribution < -0.4 is 5.56 Å². The van der Waals surface area contributed by atoms with E-state index >= 15 is 0 Å². The predicted octanol–water partition coefficient (Wildman–Crippen LogP) is 5.67. The molecule has 0 atom stereocenters. The summed E-state index contributed by atoms with van der Waals surface area (Å²) in [7, 11) is 0. The van der Waals surface area contributed by atoms with E-state index in [1.165, 1.54) is 5.56 Å². The molecule has 0 spiro atoms. The molecule has 2 aromatic carbocycles. The van der Waals surface area contributed by atoms with Crippen molar-refractivity contribution in [1.29, 1.82) is 0 Å². The lowest BCUT2D eigenvalue weighted by molar-refractivity contribution is 0.838. The molecule has 1 heterocycles. The van der Waals surface area contributed by atoms with Gasteiger partial charge in [0.25, 0.3) is 5.56 Å². The zero-order valence-electron chi connectivity index (χ0n) is 15.9. The van der Waals surface area contributed by atoms with Gasteiger partial charge in [-0.3, -0.25) is 9.36 Å². The molecular formula is C22H27IN2O. The third-order valence-corrected chi connectivity index (χ3v) is 4.60. The van der Waals surface area contributed by atoms with Crippen LogP contribution in [0, 0.1) is 3.57 Å². The second-order valence-electron chi connectivity index (χ2n) is 5.00. The third kappa shape index (κ3) is 6.09. The quantitative estimate of drug-likeness (QED) is 0.468. The molecule has 138 valence electrons. The molecule has 1 aromatic heterocycles. The van der Waals surface area contributed by atoms with Gasteiger partial charge in [0.15, 0.2) is 0 Å². The van der Waals surface area contributed by atoms with E-state index in [1.54, 1.807) is 10.9 Å². The molecule has 0 aliphatic carbocycles. The van der Waals surface area contributed by atoms with Crippen LogP contribution in [0.3, 0.4) is 0 Å². The van der Waals surface area contributed by atoms with Crippen LogP contribution in [-0.2, 0) is 12.8 Å². The van der Waals surface area contributed by atoms with Crippen molar-refractivity contribution in [2.45, 2.75) is 40.5 Å². The van der Waals surface area contributed by atoms with Gasteiger partial charge in [0.2, 0.25) is 0 Å². The zero-order valence-corrected chi connectivity index (χ0v) is 18.1. The van der Waals surface area contributed by atoms with E-state index in [-0.39, 0.29) is 5.56 Å². The van der Waals surface area contributed by atoms with Crippen LogP contribution in [0.4, 0.5) is 0 Å². The van der Waals surface area contributed by atoms with Crippen LogP contribution in [0.5, 0.6) is 0 Å². The van der Waals surface area contributed by atoms with E-state index in [1.807, 2.05) is 76.2 Å². The van der Waals surface area contributed by atoms with Crippen molar-refractivity contribution < 1.29 is 0 Å². The minimum atomic E-state index is -0.00939. The normalized spacial score (nSPS) is 9.42. The minimum absolute atomic E-state index is 0.00939. The van der Waals surface area contributed by atoms with Crippen LogP contribution in [-0.4, -0.2) is 9.55 Å². The summed E-state index contributed by atoms with van der Waals surface area (Å²) in [6.45, 7) is 8.00. The molecule has 3 nitrogen and oxygen atoms in total. The zero-order chi connectivity index (χ0) is 19.4. The summed E-state index contributed by atoms with van der Waals surface area (Å²) in [4.78, 5) is 17.0. The van der Waals surface area contributed by atoms with Gasteiger partial charge in [-0.15, -0.1) is 0 Å². The molecule has 0 aliphatic rings. The first-order chi connectivity index (χ1) is 12.8. The van der Waals surface area contributed by atoms with Crippen LogP contribution in [0.2, 0.25) is 0 Å². The summed E-state index contributed by atoms with van der Waals surface area (Å²) in [6.07, 6.45) is 3.28.